The molecule has 0 aromatic rings. The molecule has 0 radical (unpaired) electrons. The summed E-state index contributed by atoms with van der Waals surface area (Å²) in [5.41, 5.74) is 5.53. The van der Waals surface area contributed by atoms with Crippen LogP contribution in [0.15, 0.2) is 0 Å². The lowest BCUT2D eigenvalue weighted by atomic mass is 10.2. The third kappa shape index (κ3) is 3.08. The lowest BCUT2D eigenvalue weighted by Crippen LogP contribution is -2.34. The second-order valence-electron chi connectivity index (χ2n) is 2.62. The Hall–Kier alpha value is -0.280. The molecule has 11 heavy (non-hydrogen) atoms. The third-order valence-corrected chi connectivity index (χ3v) is 1.69. The first-order valence-corrected chi connectivity index (χ1v) is 3.68. The largest absolute Gasteiger partial charge is 0.465 e. The lowest BCUT2D eigenvalue weighted by molar-refractivity contribution is -0.145. The normalized spacial score (nSPS) is 18.4. The summed E-state index contributed by atoms with van der Waals surface area (Å²) in [4.78, 5) is 10.9. The molecule has 0 aromatic heterocycles. The molecule has 4 heteroatoms. The monoisotopic (exact) mass is 179 g/mol. The van der Waals surface area contributed by atoms with Gasteiger partial charge in [0.25, 0.3) is 0 Å². The van der Waals surface area contributed by atoms with Gasteiger partial charge in [-0.05, 0) is 25.7 Å². The van der Waals surface area contributed by atoms with Crippen molar-refractivity contribution in [2.75, 3.05) is 6.61 Å². The van der Waals surface area contributed by atoms with Crippen molar-refractivity contribution in [3.05, 3.63) is 0 Å². The highest BCUT2D eigenvalue weighted by Gasteiger charge is 2.33. The molecule has 0 amide bonds. The van der Waals surface area contributed by atoms with Crippen molar-refractivity contribution in [3.63, 3.8) is 0 Å². The number of rotatable bonds is 3. The van der Waals surface area contributed by atoms with Gasteiger partial charge in [0.2, 0.25) is 0 Å². The highest BCUT2D eigenvalue weighted by molar-refractivity contribution is 5.85. The number of hydrogen-bond donors (Lipinski definition) is 1. The second kappa shape index (κ2) is 4.57. The molecule has 0 spiro atoms. The van der Waals surface area contributed by atoms with Crippen LogP contribution in [0.4, 0.5) is 0 Å². The molecule has 1 aliphatic carbocycles. The minimum atomic E-state index is -0.361. The number of esters is 1. The zero-order valence-electron chi connectivity index (χ0n) is 6.58. The van der Waals surface area contributed by atoms with Gasteiger partial charge in [-0.1, -0.05) is 0 Å². The predicted molar refractivity (Wildman–Crippen MR) is 44.6 cm³/mol. The van der Waals surface area contributed by atoms with Gasteiger partial charge in [0.1, 0.15) is 6.04 Å². The number of carbonyl (C=O) groups is 1. The first kappa shape index (κ1) is 10.7. The van der Waals surface area contributed by atoms with Gasteiger partial charge >= 0.3 is 5.97 Å². The highest BCUT2D eigenvalue weighted by Crippen LogP contribution is 2.31. The van der Waals surface area contributed by atoms with E-state index in [1.54, 1.807) is 6.92 Å². The van der Waals surface area contributed by atoms with Gasteiger partial charge in [0.05, 0.1) is 6.61 Å². The number of halogens is 1. The van der Waals surface area contributed by atoms with Gasteiger partial charge in [-0.3, -0.25) is 4.79 Å². The molecule has 0 heterocycles. The molecule has 1 fully saturated rings. The first-order chi connectivity index (χ1) is 4.75. The Labute approximate surface area is 72.7 Å². The summed E-state index contributed by atoms with van der Waals surface area (Å²) < 4.78 is 4.74. The zero-order chi connectivity index (χ0) is 7.56. The average molecular weight is 180 g/mol. The van der Waals surface area contributed by atoms with Crippen LogP contribution >= 0.6 is 12.4 Å². The molecular formula is C7H14ClNO2. The second-order valence-corrected chi connectivity index (χ2v) is 2.62. The van der Waals surface area contributed by atoms with Gasteiger partial charge in [-0.15, -0.1) is 12.4 Å². The van der Waals surface area contributed by atoms with Crippen molar-refractivity contribution in [2.45, 2.75) is 25.8 Å². The Balaban J connectivity index is 0.000001000. The fraction of sp³-hybridized carbons (Fsp3) is 0.857. The van der Waals surface area contributed by atoms with E-state index in [0.717, 1.165) is 12.8 Å². The topological polar surface area (TPSA) is 52.3 Å². The van der Waals surface area contributed by atoms with E-state index in [0.29, 0.717) is 12.5 Å². The molecule has 0 saturated heterocycles. The molecule has 1 unspecified atom stereocenters. The molecule has 66 valence electrons. The minimum absolute atomic E-state index is 0. The fourth-order valence-corrected chi connectivity index (χ4v) is 0.886. The van der Waals surface area contributed by atoms with Gasteiger partial charge < -0.3 is 10.5 Å². The standard InChI is InChI=1S/C7H13NO2.ClH/c1-2-10-7(9)6(8)5-3-4-5;/h5-6H,2-4,8H2,1H3;1H. The van der Waals surface area contributed by atoms with Gasteiger partial charge in [-0.25, -0.2) is 0 Å². The maximum absolute atomic E-state index is 10.9. The maximum atomic E-state index is 10.9. The summed E-state index contributed by atoms with van der Waals surface area (Å²) >= 11 is 0. The summed E-state index contributed by atoms with van der Waals surface area (Å²) in [6.07, 6.45) is 2.17. The Morgan fingerprint density at radius 1 is 1.73 bits per heavy atom. The summed E-state index contributed by atoms with van der Waals surface area (Å²) in [7, 11) is 0. The van der Waals surface area contributed by atoms with Crippen molar-refractivity contribution < 1.29 is 9.53 Å². The Morgan fingerprint density at radius 3 is 2.64 bits per heavy atom. The van der Waals surface area contributed by atoms with E-state index in [4.69, 9.17) is 10.5 Å². The van der Waals surface area contributed by atoms with E-state index < -0.39 is 0 Å². The molecule has 1 aliphatic rings. The Kier molecular flexibility index (Phi) is 4.45. The number of hydrogen-bond acceptors (Lipinski definition) is 3. The van der Waals surface area contributed by atoms with Gasteiger partial charge in [0.15, 0.2) is 0 Å². The summed E-state index contributed by atoms with van der Waals surface area (Å²) in [5, 5.41) is 0. The van der Waals surface area contributed by atoms with Crippen molar-refractivity contribution in [2.24, 2.45) is 11.7 Å². The molecule has 3 nitrogen and oxygen atoms in total. The number of ether oxygens (including phenoxy) is 1. The molecule has 0 aliphatic heterocycles. The minimum Gasteiger partial charge on any atom is -0.465 e. The summed E-state index contributed by atoms with van der Waals surface area (Å²) in [5.74, 6) is 0.157. The maximum Gasteiger partial charge on any atom is 0.323 e. The van der Waals surface area contributed by atoms with Crippen LogP contribution in [0.5, 0.6) is 0 Å². The van der Waals surface area contributed by atoms with Crippen molar-refractivity contribution >= 4 is 18.4 Å². The van der Waals surface area contributed by atoms with Crippen LogP contribution < -0.4 is 5.73 Å². The first-order valence-electron chi connectivity index (χ1n) is 3.68. The van der Waals surface area contributed by atoms with Crippen molar-refractivity contribution in [1.29, 1.82) is 0 Å². The van der Waals surface area contributed by atoms with Crippen LogP contribution in [0.2, 0.25) is 0 Å². The quantitative estimate of drug-likeness (QED) is 0.650. The Bertz CT molecular complexity index is 136. The smallest absolute Gasteiger partial charge is 0.323 e. The summed E-state index contributed by atoms with van der Waals surface area (Å²) in [6, 6.07) is -0.361. The average Bonchev–Trinajstić information content (AvgIpc) is 2.68. The summed E-state index contributed by atoms with van der Waals surface area (Å²) in [6.45, 7) is 2.22. The van der Waals surface area contributed by atoms with Crippen molar-refractivity contribution in [1.82, 2.24) is 0 Å². The molecule has 1 atom stereocenters. The van der Waals surface area contributed by atoms with Gasteiger partial charge in [-0.2, -0.15) is 0 Å². The molecule has 0 bridgehead atoms. The van der Waals surface area contributed by atoms with E-state index in [-0.39, 0.29) is 24.4 Å². The van der Waals surface area contributed by atoms with Crippen LogP contribution in [-0.4, -0.2) is 18.6 Å². The van der Waals surface area contributed by atoms with E-state index in [2.05, 4.69) is 0 Å². The van der Waals surface area contributed by atoms with E-state index in [1.807, 2.05) is 0 Å². The SMILES string of the molecule is CCOC(=O)C(N)C1CC1.Cl. The van der Waals surface area contributed by atoms with Crippen LogP contribution in [0.3, 0.4) is 0 Å². The van der Waals surface area contributed by atoms with Crippen LogP contribution in [0.25, 0.3) is 0 Å². The Morgan fingerprint density at radius 2 is 2.27 bits per heavy atom. The van der Waals surface area contributed by atoms with Crippen LogP contribution in [0, 0.1) is 5.92 Å². The lowest BCUT2D eigenvalue weighted by Gasteiger charge is -2.07. The molecular weight excluding hydrogens is 166 g/mol. The van der Waals surface area contributed by atoms with E-state index >= 15 is 0 Å². The van der Waals surface area contributed by atoms with Crippen LogP contribution in [0.1, 0.15) is 19.8 Å². The molecule has 2 N–H and O–H groups in total. The fourth-order valence-electron chi connectivity index (χ4n) is 0.886. The van der Waals surface area contributed by atoms with E-state index in [1.165, 1.54) is 0 Å². The number of nitrogens with two attached hydrogens (primary N) is 1. The number of carbonyl (C=O) groups excluding carboxylic acids is 1. The predicted octanol–water partition coefficient (Wildman–Crippen LogP) is 0.709. The van der Waals surface area contributed by atoms with Crippen molar-refractivity contribution in [3.8, 4) is 0 Å². The third-order valence-electron chi connectivity index (χ3n) is 1.69. The highest BCUT2D eigenvalue weighted by atomic mass is 35.5. The molecule has 0 aromatic carbocycles. The van der Waals surface area contributed by atoms with Crippen LogP contribution in [-0.2, 0) is 9.53 Å². The zero-order valence-corrected chi connectivity index (χ0v) is 7.39. The molecule has 1 rings (SSSR count). The van der Waals surface area contributed by atoms with E-state index in [9.17, 15) is 4.79 Å². The molecule has 1 saturated carbocycles. The van der Waals surface area contributed by atoms with Gasteiger partial charge in [0, 0.05) is 0 Å².